The Morgan fingerprint density at radius 3 is 2.25 bits per heavy atom. The average molecular weight is 419 g/mol. The summed E-state index contributed by atoms with van der Waals surface area (Å²) in [4.78, 5) is 0. The Morgan fingerprint density at radius 1 is 1.03 bits per heavy atom. The fraction of sp³-hybridized carbons (Fsp3) is 0.267. The minimum absolute atomic E-state index is 0.0661. The van der Waals surface area contributed by atoms with Gasteiger partial charge < -0.3 is 9.13 Å². The topological polar surface area (TPSA) is 9.86 Å². The molecule has 2 aromatic carbocycles. The van der Waals surface area contributed by atoms with E-state index in [9.17, 15) is 0 Å². The highest BCUT2D eigenvalue weighted by Crippen LogP contribution is 2.40. The maximum atomic E-state index is 5.77. The van der Waals surface area contributed by atoms with Gasteiger partial charge in [-0.05, 0) is 75.9 Å². The zero-order valence-electron chi connectivity index (χ0n) is 19.4. The molecular weight excluding hydrogens is 388 g/mol. The second kappa shape index (κ2) is 7.61. The molecule has 2 nitrogen and oxygen atoms in total. The average Bonchev–Trinajstić information content (AvgIpc) is 3.28. The van der Waals surface area contributed by atoms with E-state index in [1.807, 2.05) is 0 Å². The van der Waals surface area contributed by atoms with Gasteiger partial charge in [-0.2, -0.15) is 0 Å². The van der Waals surface area contributed by atoms with Gasteiger partial charge in [0.05, 0.1) is 22.4 Å². The molecule has 160 valence electrons. The highest BCUT2D eigenvalue weighted by Gasteiger charge is 2.30. The van der Waals surface area contributed by atoms with Crippen molar-refractivity contribution in [1.29, 1.82) is 0 Å². The van der Waals surface area contributed by atoms with Crippen LogP contribution in [0.15, 0.2) is 60.7 Å². The van der Waals surface area contributed by atoms with E-state index in [0.29, 0.717) is 6.42 Å². The molecule has 0 saturated carbocycles. The van der Waals surface area contributed by atoms with Crippen LogP contribution in [-0.4, -0.2) is 9.13 Å². The minimum atomic E-state index is -0.0661. The monoisotopic (exact) mass is 418 g/mol. The largest absolute Gasteiger partial charge is 0.334 e. The second-order valence-electron chi connectivity index (χ2n) is 9.65. The first-order valence-electron chi connectivity index (χ1n) is 11.5. The van der Waals surface area contributed by atoms with Crippen LogP contribution in [0.4, 0.5) is 0 Å². The van der Waals surface area contributed by atoms with Crippen molar-refractivity contribution in [3.05, 3.63) is 83.2 Å². The molecule has 0 amide bonds. The Kier molecular flexibility index (Phi) is 4.86. The molecule has 1 aliphatic rings. The van der Waals surface area contributed by atoms with Crippen molar-refractivity contribution in [2.24, 2.45) is 0 Å². The van der Waals surface area contributed by atoms with Crippen LogP contribution in [-0.2, 0) is 12.0 Å². The lowest BCUT2D eigenvalue weighted by Crippen LogP contribution is -2.26. The summed E-state index contributed by atoms with van der Waals surface area (Å²) in [5, 5.41) is 2.54. The Hall–Kier alpha value is -3.44. The van der Waals surface area contributed by atoms with Gasteiger partial charge in [0, 0.05) is 28.4 Å². The molecule has 1 aliphatic carbocycles. The van der Waals surface area contributed by atoms with Gasteiger partial charge in [-0.3, -0.25) is 0 Å². The normalized spacial score (nSPS) is 14.2. The molecule has 0 unspecified atom stereocenters. The molecule has 0 aliphatic heterocycles. The van der Waals surface area contributed by atoms with Crippen molar-refractivity contribution in [2.45, 2.75) is 52.5 Å². The van der Waals surface area contributed by atoms with Crippen LogP contribution in [0.3, 0.4) is 0 Å². The van der Waals surface area contributed by atoms with Crippen LogP contribution < -0.4 is 0 Å². The number of allylic oxidation sites excluding steroid dienone is 2. The molecule has 32 heavy (non-hydrogen) atoms. The summed E-state index contributed by atoms with van der Waals surface area (Å²) in [6.45, 7) is 9.17. The zero-order valence-corrected chi connectivity index (χ0v) is 19.4. The van der Waals surface area contributed by atoms with Crippen molar-refractivity contribution in [2.75, 3.05) is 0 Å². The maximum Gasteiger partial charge on any atom is 0.0691 e. The van der Waals surface area contributed by atoms with Gasteiger partial charge >= 0.3 is 0 Å². The molecule has 5 rings (SSSR count). The lowest BCUT2D eigenvalue weighted by atomic mass is 9.99. The number of hydrogen-bond acceptors (Lipinski definition) is 0. The predicted octanol–water partition coefficient (Wildman–Crippen LogP) is 7.53. The lowest BCUT2D eigenvalue weighted by molar-refractivity contribution is 0.391. The van der Waals surface area contributed by atoms with E-state index >= 15 is 0 Å². The van der Waals surface area contributed by atoms with Gasteiger partial charge in [0.15, 0.2) is 0 Å². The molecule has 0 spiro atoms. The van der Waals surface area contributed by atoms with E-state index in [1.54, 1.807) is 0 Å². The van der Waals surface area contributed by atoms with Gasteiger partial charge in [-0.1, -0.05) is 42.5 Å². The third kappa shape index (κ3) is 3.04. The number of para-hydroxylation sites is 2. The van der Waals surface area contributed by atoms with Gasteiger partial charge in [-0.15, -0.1) is 12.3 Å². The van der Waals surface area contributed by atoms with E-state index < -0.39 is 0 Å². The first kappa shape index (κ1) is 20.5. The van der Waals surface area contributed by atoms with E-state index in [4.69, 9.17) is 6.42 Å². The third-order valence-electron chi connectivity index (χ3n) is 6.57. The van der Waals surface area contributed by atoms with Crippen molar-refractivity contribution >= 4 is 33.6 Å². The fourth-order valence-electron chi connectivity index (χ4n) is 5.31. The van der Waals surface area contributed by atoms with Crippen molar-refractivity contribution in [1.82, 2.24) is 9.13 Å². The van der Waals surface area contributed by atoms with E-state index in [2.05, 4.69) is 110 Å². The number of terminal acetylenes is 1. The predicted molar refractivity (Wildman–Crippen MR) is 138 cm³/mol. The standard InChI is InChI=1S/C30H30N2/c1-6-7-17-28(29-21(2)22-14-8-13-20-27(22)32(29)30(3,4)5)31-25-18-11-9-15-23(25)24-16-10-12-19-26(24)31/h1,9-13,15-20H,7-8,14H2,2-5H3/b28-17+. The van der Waals surface area contributed by atoms with Crippen LogP contribution in [0.25, 0.3) is 33.6 Å². The molecule has 4 aromatic rings. The molecular formula is C30H30N2. The summed E-state index contributed by atoms with van der Waals surface area (Å²) in [5.41, 5.74) is 8.98. The lowest BCUT2D eigenvalue weighted by Gasteiger charge is -2.29. The quantitative estimate of drug-likeness (QED) is 0.304. The summed E-state index contributed by atoms with van der Waals surface area (Å²) in [6.07, 6.45) is 15.4. The van der Waals surface area contributed by atoms with Crippen LogP contribution >= 0.6 is 0 Å². The fourth-order valence-corrected chi connectivity index (χ4v) is 5.31. The summed E-state index contributed by atoms with van der Waals surface area (Å²) in [6, 6.07) is 17.4. The maximum absolute atomic E-state index is 5.77. The molecule has 0 radical (unpaired) electrons. The van der Waals surface area contributed by atoms with E-state index in [1.165, 1.54) is 50.0 Å². The van der Waals surface area contributed by atoms with Gasteiger partial charge in [0.2, 0.25) is 0 Å². The van der Waals surface area contributed by atoms with Crippen LogP contribution in [0.5, 0.6) is 0 Å². The van der Waals surface area contributed by atoms with Gasteiger partial charge in [0.1, 0.15) is 0 Å². The first-order valence-corrected chi connectivity index (χ1v) is 11.5. The molecule has 0 fully saturated rings. The number of benzene rings is 2. The summed E-state index contributed by atoms with van der Waals surface area (Å²) in [7, 11) is 0. The number of fused-ring (bicyclic) bond motifs is 4. The Balaban J connectivity index is 1.93. The molecule has 0 N–H and O–H groups in total. The molecule has 0 bridgehead atoms. The van der Waals surface area contributed by atoms with Crippen LogP contribution in [0.2, 0.25) is 0 Å². The summed E-state index contributed by atoms with van der Waals surface area (Å²) >= 11 is 0. The molecule has 2 heteroatoms. The number of rotatable bonds is 3. The van der Waals surface area contributed by atoms with Crippen molar-refractivity contribution < 1.29 is 0 Å². The van der Waals surface area contributed by atoms with Crippen LogP contribution in [0, 0.1) is 19.3 Å². The highest BCUT2D eigenvalue weighted by atomic mass is 15.1. The Bertz CT molecular complexity index is 1390. The summed E-state index contributed by atoms with van der Waals surface area (Å²) in [5.74, 6) is 2.85. The Labute approximate surface area is 190 Å². The molecule has 2 heterocycles. The molecule has 0 atom stereocenters. The SMILES string of the molecule is C#CC/C=C(\c1c(C)c2c(n1C(C)(C)C)C=CCC2)n1c2ccccc2c2ccccc21. The van der Waals surface area contributed by atoms with E-state index in [-0.39, 0.29) is 5.54 Å². The highest BCUT2D eigenvalue weighted by molar-refractivity contribution is 6.10. The Morgan fingerprint density at radius 2 is 1.66 bits per heavy atom. The molecule has 2 aromatic heterocycles. The molecule has 0 saturated heterocycles. The summed E-state index contributed by atoms with van der Waals surface area (Å²) < 4.78 is 4.95. The van der Waals surface area contributed by atoms with Crippen molar-refractivity contribution in [3.63, 3.8) is 0 Å². The minimum Gasteiger partial charge on any atom is -0.334 e. The number of aromatic nitrogens is 2. The van der Waals surface area contributed by atoms with E-state index in [0.717, 1.165) is 12.8 Å². The zero-order chi connectivity index (χ0) is 22.5. The van der Waals surface area contributed by atoms with Crippen LogP contribution in [0.1, 0.15) is 56.1 Å². The van der Waals surface area contributed by atoms with Gasteiger partial charge in [-0.25, -0.2) is 0 Å². The number of nitrogens with zero attached hydrogens (tertiary/aromatic N) is 2. The van der Waals surface area contributed by atoms with Crippen molar-refractivity contribution in [3.8, 4) is 12.3 Å². The second-order valence-corrected chi connectivity index (χ2v) is 9.65. The first-order chi connectivity index (χ1) is 15.4. The van der Waals surface area contributed by atoms with Gasteiger partial charge in [0.25, 0.3) is 0 Å². The smallest absolute Gasteiger partial charge is 0.0691 e. The third-order valence-corrected chi connectivity index (χ3v) is 6.57. The number of hydrogen-bond donors (Lipinski definition) is 0.